The number of carbonyl (C=O) groups is 2. The first-order valence-electron chi connectivity index (χ1n) is 10.6. The van der Waals surface area contributed by atoms with Crippen molar-refractivity contribution in [1.82, 2.24) is 9.88 Å². The molecule has 1 amide bonds. The van der Waals surface area contributed by atoms with E-state index in [1.54, 1.807) is 12.1 Å². The Hall–Kier alpha value is -1.90. The fourth-order valence-electron chi connectivity index (χ4n) is 3.97. The maximum atomic E-state index is 13.5. The number of hydrogen-bond acceptors (Lipinski definition) is 5. The van der Waals surface area contributed by atoms with Crippen LogP contribution in [0.4, 0.5) is 14.6 Å². The number of pyridine rings is 1. The summed E-state index contributed by atoms with van der Waals surface area (Å²) >= 11 is 1.50. The Morgan fingerprint density at radius 2 is 2.00 bits per heavy atom. The number of anilines is 1. The fourth-order valence-corrected chi connectivity index (χ4v) is 4.84. The zero-order valence-electron chi connectivity index (χ0n) is 17.3. The van der Waals surface area contributed by atoms with Crippen molar-refractivity contribution in [2.45, 2.75) is 56.4 Å². The molecule has 2 fully saturated rings. The lowest BCUT2D eigenvalue weighted by Crippen LogP contribution is -2.43. The van der Waals surface area contributed by atoms with Crippen LogP contribution in [0.3, 0.4) is 0 Å². The number of alkyl halides is 2. The van der Waals surface area contributed by atoms with Crippen LogP contribution in [0.25, 0.3) is 0 Å². The van der Waals surface area contributed by atoms with Gasteiger partial charge in [-0.2, -0.15) is 0 Å². The molecule has 0 spiro atoms. The average molecular weight is 442 g/mol. The average Bonchev–Trinajstić information content (AvgIpc) is 2.71. The number of amides is 1. The number of piperidine rings is 2. The lowest BCUT2D eigenvalue weighted by atomic mass is 9.95. The molecule has 2 aliphatic heterocycles. The molecule has 1 aromatic heterocycles. The summed E-state index contributed by atoms with van der Waals surface area (Å²) in [4.78, 5) is 32.4. The SMILES string of the molecule is CCCSc1nc(N2CCC[C@@H](CC(=O)O)C2)ccc1C(=O)N1CCC(F)(F)CC1. The summed E-state index contributed by atoms with van der Waals surface area (Å²) in [5.41, 5.74) is 0.460. The molecule has 0 aromatic carbocycles. The van der Waals surface area contributed by atoms with Crippen LogP contribution in [-0.2, 0) is 4.79 Å². The molecule has 6 nitrogen and oxygen atoms in total. The van der Waals surface area contributed by atoms with Gasteiger partial charge in [0, 0.05) is 45.4 Å². The van der Waals surface area contributed by atoms with Gasteiger partial charge in [0.15, 0.2) is 0 Å². The van der Waals surface area contributed by atoms with E-state index in [9.17, 15) is 18.4 Å². The highest BCUT2D eigenvalue weighted by Crippen LogP contribution is 2.32. The Morgan fingerprint density at radius 1 is 1.27 bits per heavy atom. The highest BCUT2D eigenvalue weighted by atomic mass is 32.2. The summed E-state index contributed by atoms with van der Waals surface area (Å²) in [7, 11) is 0. The minimum absolute atomic E-state index is 0.0501. The Bertz CT molecular complexity index is 768. The molecule has 2 saturated heterocycles. The highest BCUT2D eigenvalue weighted by molar-refractivity contribution is 7.99. The molecule has 1 N–H and O–H groups in total. The minimum atomic E-state index is -2.70. The Kier molecular flexibility index (Phi) is 7.55. The van der Waals surface area contributed by atoms with Gasteiger partial charge in [-0.3, -0.25) is 9.59 Å². The van der Waals surface area contributed by atoms with E-state index in [-0.39, 0.29) is 44.2 Å². The van der Waals surface area contributed by atoms with Gasteiger partial charge in [-0.05, 0) is 43.1 Å². The smallest absolute Gasteiger partial charge is 0.303 e. The highest BCUT2D eigenvalue weighted by Gasteiger charge is 2.36. The number of thioether (sulfide) groups is 1. The standard InChI is InChI=1S/C21H29F2N3O3S/c1-2-12-30-19-16(20(29)25-10-7-21(22,23)8-11-25)5-6-17(24-19)26-9-3-4-15(14-26)13-18(27)28/h5-6,15H,2-4,7-14H2,1H3,(H,27,28)/t15-/m0/s1. The monoisotopic (exact) mass is 441 g/mol. The van der Waals surface area contributed by atoms with Gasteiger partial charge in [0.1, 0.15) is 10.8 Å². The predicted molar refractivity (Wildman–Crippen MR) is 113 cm³/mol. The third-order valence-corrected chi connectivity index (χ3v) is 6.80. The predicted octanol–water partition coefficient (Wildman–Crippen LogP) is 4.15. The molecule has 0 aliphatic carbocycles. The zero-order valence-corrected chi connectivity index (χ0v) is 18.1. The summed E-state index contributed by atoms with van der Waals surface area (Å²) in [5, 5.41) is 9.71. The van der Waals surface area contributed by atoms with Crippen molar-refractivity contribution in [3.63, 3.8) is 0 Å². The normalized spacial score (nSPS) is 21.5. The molecular formula is C21H29F2N3O3S. The Balaban J connectivity index is 1.78. The van der Waals surface area contributed by atoms with E-state index in [4.69, 9.17) is 10.1 Å². The second kappa shape index (κ2) is 9.94. The number of aliphatic carboxylic acids is 1. The molecule has 166 valence electrons. The summed E-state index contributed by atoms with van der Waals surface area (Å²) in [6, 6.07) is 3.54. The van der Waals surface area contributed by atoms with Gasteiger partial charge in [0.2, 0.25) is 0 Å². The van der Waals surface area contributed by atoms with E-state index in [1.165, 1.54) is 16.7 Å². The van der Waals surface area contributed by atoms with Crippen LogP contribution in [0, 0.1) is 5.92 Å². The van der Waals surface area contributed by atoms with Crippen molar-refractivity contribution < 1.29 is 23.5 Å². The first-order chi connectivity index (χ1) is 14.3. The lowest BCUT2D eigenvalue weighted by molar-refractivity contribution is -0.138. The van der Waals surface area contributed by atoms with Gasteiger partial charge in [-0.25, -0.2) is 13.8 Å². The van der Waals surface area contributed by atoms with Crippen molar-refractivity contribution >= 4 is 29.5 Å². The maximum absolute atomic E-state index is 13.5. The topological polar surface area (TPSA) is 73.7 Å². The van der Waals surface area contributed by atoms with E-state index in [0.29, 0.717) is 17.1 Å². The van der Waals surface area contributed by atoms with Crippen molar-refractivity contribution in [1.29, 1.82) is 0 Å². The summed E-state index contributed by atoms with van der Waals surface area (Å²) in [5.74, 6) is -2.10. The van der Waals surface area contributed by atoms with Crippen LogP contribution >= 0.6 is 11.8 Å². The zero-order chi connectivity index (χ0) is 21.7. The molecule has 3 heterocycles. The molecule has 9 heteroatoms. The van der Waals surface area contributed by atoms with Crippen LogP contribution in [0.2, 0.25) is 0 Å². The number of nitrogens with zero attached hydrogens (tertiary/aromatic N) is 3. The molecule has 0 saturated carbocycles. The number of aromatic nitrogens is 1. The third-order valence-electron chi connectivity index (χ3n) is 5.61. The second-order valence-corrected chi connectivity index (χ2v) is 9.15. The quantitative estimate of drug-likeness (QED) is 0.641. The van der Waals surface area contributed by atoms with Gasteiger partial charge >= 0.3 is 5.97 Å². The number of carboxylic acids is 1. The number of halogens is 2. The van der Waals surface area contributed by atoms with Crippen molar-refractivity contribution in [2.24, 2.45) is 5.92 Å². The minimum Gasteiger partial charge on any atom is -0.481 e. The van der Waals surface area contributed by atoms with Crippen LogP contribution in [0.5, 0.6) is 0 Å². The molecule has 1 atom stereocenters. The third kappa shape index (κ3) is 5.83. The summed E-state index contributed by atoms with van der Waals surface area (Å²) in [6.07, 6.45) is 2.24. The first kappa shape index (κ1) is 22.8. The molecular weight excluding hydrogens is 412 g/mol. The van der Waals surface area contributed by atoms with Crippen molar-refractivity contribution in [2.75, 3.05) is 36.8 Å². The van der Waals surface area contributed by atoms with E-state index in [1.807, 2.05) is 6.92 Å². The van der Waals surface area contributed by atoms with Gasteiger partial charge < -0.3 is 14.9 Å². The van der Waals surface area contributed by atoms with E-state index >= 15 is 0 Å². The van der Waals surface area contributed by atoms with Crippen LogP contribution in [0.15, 0.2) is 17.2 Å². The Labute approximate surface area is 180 Å². The van der Waals surface area contributed by atoms with E-state index < -0.39 is 11.9 Å². The molecule has 2 aliphatic rings. The number of carbonyl (C=O) groups excluding carboxylic acids is 1. The van der Waals surface area contributed by atoms with Crippen molar-refractivity contribution in [3.05, 3.63) is 17.7 Å². The van der Waals surface area contributed by atoms with Gasteiger partial charge in [-0.1, -0.05) is 6.92 Å². The molecule has 0 unspecified atom stereocenters. The number of hydrogen-bond donors (Lipinski definition) is 1. The fraction of sp³-hybridized carbons (Fsp3) is 0.667. The largest absolute Gasteiger partial charge is 0.481 e. The second-order valence-electron chi connectivity index (χ2n) is 8.07. The van der Waals surface area contributed by atoms with Gasteiger partial charge in [-0.15, -0.1) is 11.8 Å². The van der Waals surface area contributed by atoms with E-state index in [0.717, 1.165) is 37.4 Å². The van der Waals surface area contributed by atoms with Gasteiger partial charge in [0.05, 0.1) is 5.56 Å². The molecule has 3 rings (SSSR count). The maximum Gasteiger partial charge on any atom is 0.303 e. The number of carboxylic acid groups (broad SMARTS) is 1. The Morgan fingerprint density at radius 3 is 2.67 bits per heavy atom. The lowest BCUT2D eigenvalue weighted by Gasteiger charge is -2.34. The molecule has 0 radical (unpaired) electrons. The van der Waals surface area contributed by atoms with Gasteiger partial charge in [0.25, 0.3) is 11.8 Å². The van der Waals surface area contributed by atoms with Crippen LogP contribution < -0.4 is 4.90 Å². The molecule has 30 heavy (non-hydrogen) atoms. The van der Waals surface area contributed by atoms with E-state index in [2.05, 4.69) is 4.90 Å². The molecule has 1 aromatic rings. The number of rotatable bonds is 7. The summed E-state index contributed by atoms with van der Waals surface area (Å²) < 4.78 is 26.9. The van der Waals surface area contributed by atoms with Crippen LogP contribution in [0.1, 0.15) is 55.8 Å². The molecule has 0 bridgehead atoms. The number of likely N-dealkylation sites (tertiary alicyclic amines) is 1. The summed E-state index contributed by atoms with van der Waals surface area (Å²) in [6.45, 7) is 3.58. The van der Waals surface area contributed by atoms with Crippen molar-refractivity contribution in [3.8, 4) is 0 Å². The first-order valence-corrected chi connectivity index (χ1v) is 11.6. The van der Waals surface area contributed by atoms with Crippen LogP contribution in [-0.4, -0.2) is 64.7 Å².